The van der Waals surface area contributed by atoms with Crippen LogP contribution in [0.25, 0.3) is 0 Å². The van der Waals surface area contributed by atoms with E-state index in [1.807, 2.05) is 13.8 Å². The predicted molar refractivity (Wildman–Crippen MR) is 62.9 cm³/mol. The molecule has 0 aliphatic heterocycles. The number of ether oxygens (including phenoxy) is 1. The summed E-state index contributed by atoms with van der Waals surface area (Å²) in [5.74, 6) is 0.858. The number of hydrogen-bond acceptors (Lipinski definition) is 3. The molecule has 0 bridgehead atoms. The molecule has 1 atom stereocenters. The van der Waals surface area contributed by atoms with Crippen molar-refractivity contribution in [3.8, 4) is 11.8 Å². The third kappa shape index (κ3) is 3.13. The molecule has 0 saturated carbocycles. The minimum absolute atomic E-state index is 0.147. The van der Waals surface area contributed by atoms with Crippen molar-refractivity contribution < 1.29 is 9.84 Å². The number of aliphatic hydroxyl groups is 1. The number of nitrogens with zero attached hydrogens (tertiary/aromatic N) is 1. The van der Waals surface area contributed by atoms with Crippen LogP contribution in [0.1, 0.15) is 16.7 Å². The Morgan fingerprint density at radius 3 is 2.44 bits per heavy atom. The molecule has 1 aromatic rings. The number of aryl methyl sites for hydroxylation is 2. The minimum Gasteiger partial charge on any atom is -0.490 e. The lowest BCUT2D eigenvalue weighted by Gasteiger charge is -2.14. The van der Waals surface area contributed by atoms with Gasteiger partial charge in [0.2, 0.25) is 0 Å². The van der Waals surface area contributed by atoms with Crippen LogP contribution in [0.5, 0.6) is 5.75 Å². The maximum absolute atomic E-state index is 9.29. The van der Waals surface area contributed by atoms with Gasteiger partial charge in [-0.25, -0.2) is 0 Å². The third-order valence-electron chi connectivity index (χ3n) is 2.19. The largest absolute Gasteiger partial charge is 0.490 e. The Kier molecular flexibility index (Phi) is 4.60. The first-order valence-corrected chi connectivity index (χ1v) is 5.50. The SMILES string of the molecule is Cc1cc(C#N)cc(C)c1OCC(O)CCl. The summed E-state index contributed by atoms with van der Waals surface area (Å²) in [6.07, 6.45) is -0.670. The summed E-state index contributed by atoms with van der Waals surface area (Å²) < 4.78 is 5.48. The molecule has 0 aliphatic carbocycles. The molecule has 4 heteroatoms. The van der Waals surface area contributed by atoms with Gasteiger partial charge in [-0.3, -0.25) is 0 Å². The van der Waals surface area contributed by atoms with Crippen LogP contribution in [0.2, 0.25) is 0 Å². The Labute approximate surface area is 100 Å². The van der Waals surface area contributed by atoms with E-state index in [1.54, 1.807) is 12.1 Å². The van der Waals surface area contributed by atoms with Crippen molar-refractivity contribution in [2.75, 3.05) is 12.5 Å². The maximum Gasteiger partial charge on any atom is 0.125 e. The number of nitriles is 1. The van der Waals surface area contributed by atoms with Crippen LogP contribution in [-0.4, -0.2) is 23.7 Å². The molecule has 0 saturated heterocycles. The van der Waals surface area contributed by atoms with Crippen molar-refractivity contribution in [1.29, 1.82) is 5.26 Å². The van der Waals surface area contributed by atoms with E-state index in [0.717, 1.165) is 11.1 Å². The second-order valence-corrected chi connectivity index (χ2v) is 3.98. The number of rotatable bonds is 4. The van der Waals surface area contributed by atoms with E-state index in [-0.39, 0.29) is 12.5 Å². The van der Waals surface area contributed by atoms with Gasteiger partial charge in [-0.05, 0) is 37.1 Å². The third-order valence-corrected chi connectivity index (χ3v) is 2.54. The average molecular weight is 240 g/mol. The lowest BCUT2D eigenvalue weighted by atomic mass is 10.1. The lowest BCUT2D eigenvalue weighted by Crippen LogP contribution is -2.19. The molecule has 86 valence electrons. The molecule has 1 aromatic carbocycles. The zero-order valence-corrected chi connectivity index (χ0v) is 10.1. The van der Waals surface area contributed by atoms with Gasteiger partial charge in [0.05, 0.1) is 17.5 Å². The molecular formula is C12H14ClNO2. The monoisotopic (exact) mass is 239 g/mol. The zero-order chi connectivity index (χ0) is 12.1. The van der Waals surface area contributed by atoms with Crippen molar-refractivity contribution in [2.45, 2.75) is 20.0 Å². The molecule has 0 spiro atoms. The highest BCUT2D eigenvalue weighted by Gasteiger charge is 2.09. The topological polar surface area (TPSA) is 53.2 Å². The fourth-order valence-corrected chi connectivity index (χ4v) is 1.56. The van der Waals surface area contributed by atoms with E-state index in [9.17, 15) is 5.11 Å². The molecule has 3 nitrogen and oxygen atoms in total. The van der Waals surface area contributed by atoms with Crippen molar-refractivity contribution in [1.82, 2.24) is 0 Å². The van der Waals surface area contributed by atoms with Crippen molar-refractivity contribution in [2.24, 2.45) is 0 Å². The second kappa shape index (κ2) is 5.74. The minimum atomic E-state index is -0.670. The number of alkyl halides is 1. The molecule has 0 radical (unpaired) electrons. The molecule has 0 aromatic heterocycles. The first-order valence-electron chi connectivity index (χ1n) is 4.96. The zero-order valence-electron chi connectivity index (χ0n) is 9.33. The average Bonchev–Trinajstić information content (AvgIpc) is 2.27. The van der Waals surface area contributed by atoms with Crippen LogP contribution < -0.4 is 4.74 Å². The standard InChI is InChI=1S/C12H14ClNO2/c1-8-3-10(6-14)4-9(2)12(8)16-7-11(15)5-13/h3-4,11,15H,5,7H2,1-2H3. The van der Waals surface area contributed by atoms with Crippen molar-refractivity contribution in [3.63, 3.8) is 0 Å². The van der Waals surface area contributed by atoms with Crippen molar-refractivity contribution >= 4 is 11.6 Å². The quantitative estimate of drug-likeness (QED) is 0.820. The molecule has 1 rings (SSSR count). The molecule has 1 N–H and O–H groups in total. The van der Waals surface area contributed by atoms with Gasteiger partial charge >= 0.3 is 0 Å². The van der Waals surface area contributed by atoms with Crippen LogP contribution >= 0.6 is 11.6 Å². The molecule has 16 heavy (non-hydrogen) atoms. The summed E-state index contributed by atoms with van der Waals surface area (Å²) in [7, 11) is 0. The van der Waals surface area contributed by atoms with Gasteiger partial charge < -0.3 is 9.84 Å². The van der Waals surface area contributed by atoms with E-state index in [1.165, 1.54) is 0 Å². The van der Waals surface area contributed by atoms with Gasteiger partial charge in [-0.2, -0.15) is 5.26 Å². The summed E-state index contributed by atoms with van der Waals surface area (Å²) in [5.41, 5.74) is 2.39. The number of aliphatic hydroxyl groups excluding tert-OH is 1. The van der Waals surface area contributed by atoms with Gasteiger partial charge in [-0.15, -0.1) is 11.6 Å². The summed E-state index contributed by atoms with van der Waals surface area (Å²) >= 11 is 5.47. The summed E-state index contributed by atoms with van der Waals surface area (Å²) in [5, 5.41) is 18.1. The van der Waals surface area contributed by atoms with E-state index in [2.05, 4.69) is 6.07 Å². The maximum atomic E-state index is 9.29. The Morgan fingerprint density at radius 2 is 2.00 bits per heavy atom. The van der Waals surface area contributed by atoms with Crippen LogP contribution in [0.3, 0.4) is 0 Å². The first kappa shape index (κ1) is 12.8. The first-order chi connectivity index (χ1) is 7.58. The number of benzene rings is 1. The molecular weight excluding hydrogens is 226 g/mol. The second-order valence-electron chi connectivity index (χ2n) is 3.67. The molecule has 0 heterocycles. The number of hydrogen-bond donors (Lipinski definition) is 1. The summed E-state index contributed by atoms with van der Waals surface area (Å²) in [6, 6.07) is 5.60. The van der Waals surface area contributed by atoms with Gasteiger partial charge in [-0.1, -0.05) is 0 Å². The highest BCUT2D eigenvalue weighted by molar-refractivity contribution is 6.18. The Hall–Kier alpha value is -1.24. The smallest absolute Gasteiger partial charge is 0.125 e. The van der Waals surface area contributed by atoms with Gasteiger partial charge in [0.25, 0.3) is 0 Å². The fourth-order valence-electron chi connectivity index (χ4n) is 1.47. The highest BCUT2D eigenvalue weighted by Crippen LogP contribution is 2.24. The van der Waals surface area contributed by atoms with E-state index in [0.29, 0.717) is 11.3 Å². The normalized spacial score (nSPS) is 11.9. The molecule has 0 amide bonds. The van der Waals surface area contributed by atoms with Crippen molar-refractivity contribution in [3.05, 3.63) is 28.8 Å². The lowest BCUT2D eigenvalue weighted by molar-refractivity contribution is 0.124. The van der Waals surface area contributed by atoms with Gasteiger partial charge in [0, 0.05) is 0 Å². The Morgan fingerprint density at radius 1 is 1.44 bits per heavy atom. The molecule has 1 unspecified atom stereocenters. The Bertz CT molecular complexity index is 389. The van der Waals surface area contributed by atoms with Gasteiger partial charge in [0.1, 0.15) is 18.5 Å². The molecule has 0 fully saturated rings. The summed E-state index contributed by atoms with van der Waals surface area (Å²) in [4.78, 5) is 0. The van der Waals surface area contributed by atoms with Crippen LogP contribution in [0.15, 0.2) is 12.1 Å². The predicted octanol–water partition coefficient (Wildman–Crippen LogP) is 2.15. The summed E-state index contributed by atoms with van der Waals surface area (Å²) in [6.45, 7) is 3.91. The van der Waals surface area contributed by atoms with E-state index >= 15 is 0 Å². The van der Waals surface area contributed by atoms with Crippen LogP contribution in [0.4, 0.5) is 0 Å². The molecule has 0 aliphatic rings. The highest BCUT2D eigenvalue weighted by atomic mass is 35.5. The van der Waals surface area contributed by atoms with Crippen LogP contribution in [-0.2, 0) is 0 Å². The number of halogens is 1. The van der Waals surface area contributed by atoms with Gasteiger partial charge in [0.15, 0.2) is 0 Å². The van der Waals surface area contributed by atoms with Crippen LogP contribution in [0, 0.1) is 25.2 Å². The van der Waals surface area contributed by atoms with E-state index < -0.39 is 6.10 Å². The van der Waals surface area contributed by atoms with E-state index in [4.69, 9.17) is 21.6 Å². The fraction of sp³-hybridized carbons (Fsp3) is 0.417. The Balaban J connectivity index is 2.85.